The smallest absolute Gasteiger partial charge is 0.124 e. The molecule has 0 saturated heterocycles. The summed E-state index contributed by atoms with van der Waals surface area (Å²) in [6, 6.07) is 6.77. The van der Waals surface area contributed by atoms with Gasteiger partial charge in [-0.25, -0.2) is 0 Å². The number of thiophene rings is 1. The maximum absolute atomic E-state index is 5.62. The van der Waals surface area contributed by atoms with Gasteiger partial charge in [-0.3, -0.25) is 0 Å². The Morgan fingerprint density at radius 1 is 1.30 bits per heavy atom. The second-order valence-electron chi connectivity index (χ2n) is 4.87. The van der Waals surface area contributed by atoms with Crippen molar-refractivity contribution in [3.8, 4) is 5.75 Å². The quantitative estimate of drug-likeness (QED) is 0.735. The maximum atomic E-state index is 5.62. The fourth-order valence-corrected chi connectivity index (χ4v) is 3.94. The molecule has 0 amide bonds. The van der Waals surface area contributed by atoms with Gasteiger partial charge in [0.1, 0.15) is 5.75 Å². The van der Waals surface area contributed by atoms with Gasteiger partial charge in [0.25, 0.3) is 0 Å². The summed E-state index contributed by atoms with van der Waals surface area (Å²) in [4.78, 5) is 0. The molecule has 108 valence electrons. The van der Waals surface area contributed by atoms with Gasteiger partial charge in [0.05, 0.1) is 16.0 Å². The number of ether oxygens (including phenoxy) is 1. The molecule has 0 spiro atoms. The van der Waals surface area contributed by atoms with E-state index < -0.39 is 0 Å². The van der Waals surface area contributed by atoms with Crippen LogP contribution < -0.4 is 10.1 Å². The lowest BCUT2D eigenvalue weighted by molar-refractivity contribution is 0.403. The normalized spacial score (nSPS) is 12.4. The summed E-state index contributed by atoms with van der Waals surface area (Å²) in [5.74, 6) is 0.967. The average molecular weight is 401 g/mol. The molecule has 0 aliphatic carbocycles. The number of nitrogens with one attached hydrogen (secondary N) is 1. The number of methoxy groups -OCH3 is 1. The van der Waals surface area contributed by atoms with Crippen molar-refractivity contribution < 1.29 is 4.74 Å². The number of hydrogen-bond acceptors (Lipinski definition) is 3. The van der Waals surface area contributed by atoms with E-state index >= 15 is 0 Å². The van der Waals surface area contributed by atoms with Gasteiger partial charge in [-0.05, 0) is 77.2 Å². The number of halogens is 1. The Morgan fingerprint density at radius 3 is 2.60 bits per heavy atom. The lowest BCUT2D eigenvalue weighted by Crippen LogP contribution is -2.23. The van der Waals surface area contributed by atoms with E-state index in [1.165, 1.54) is 25.1 Å². The minimum Gasteiger partial charge on any atom is -0.496 e. The van der Waals surface area contributed by atoms with Gasteiger partial charge >= 0.3 is 0 Å². The van der Waals surface area contributed by atoms with E-state index in [0.29, 0.717) is 0 Å². The molecule has 0 bridgehead atoms. The summed E-state index contributed by atoms with van der Waals surface area (Å²) in [5.41, 5.74) is 5.06. The van der Waals surface area contributed by atoms with E-state index in [9.17, 15) is 0 Å². The predicted molar refractivity (Wildman–Crippen MR) is 95.0 cm³/mol. The van der Waals surface area contributed by atoms with Crippen molar-refractivity contribution >= 4 is 33.9 Å². The molecule has 4 heteroatoms. The van der Waals surface area contributed by atoms with Crippen molar-refractivity contribution in [1.82, 2.24) is 5.32 Å². The fraction of sp³-hybridized carbons (Fsp3) is 0.375. The lowest BCUT2D eigenvalue weighted by atomic mass is 9.94. The number of aryl methyl sites for hydroxylation is 2. The highest BCUT2D eigenvalue weighted by molar-refractivity contribution is 14.1. The minimum atomic E-state index is 0.190. The molecule has 2 nitrogen and oxygen atoms in total. The SMILES string of the molecule is CCNC(c1csc(I)c1)c1c(C)cc(C)cc1OC. The molecule has 1 unspecified atom stereocenters. The molecular formula is C16H20INOS. The fourth-order valence-electron chi connectivity index (χ4n) is 2.54. The molecular weight excluding hydrogens is 381 g/mol. The number of rotatable bonds is 5. The predicted octanol–water partition coefficient (Wildman–Crippen LogP) is 4.68. The van der Waals surface area contributed by atoms with Crippen LogP contribution in [0.4, 0.5) is 0 Å². The van der Waals surface area contributed by atoms with Crippen LogP contribution in [0.3, 0.4) is 0 Å². The second kappa shape index (κ2) is 6.91. The van der Waals surface area contributed by atoms with Gasteiger partial charge < -0.3 is 10.1 Å². The minimum absolute atomic E-state index is 0.190. The third-order valence-electron chi connectivity index (χ3n) is 3.33. The standard InChI is InChI=1S/C16H20INOS/c1-5-18-16(12-8-14(17)20-9-12)15-11(3)6-10(2)7-13(15)19-4/h6-9,16,18H,5H2,1-4H3. The molecule has 2 rings (SSSR count). The molecule has 1 heterocycles. The molecule has 20 heavy (non-hydrogen) atoms. The average Bonchev–Trinajstić information content (AvgIpc) is 2.82. The van der Waals surface area contributed by atoms with Gasteiger partial charge in [-0.15, -0.1) is 11.3 Å². The van der Waals surface area contributed by atoms with Gasteiger partial charge in [-0.2, -0.15) is 0 Å². The molecule has 0 saturated carbocycles. The van der Waals surface area contributed by atoms with Crippen LogP contribution in [0.2, 0.25) is 0 Å². The summed E-state index contributed by atoms with van der Waals surface area (Å²) in [5, 5.41) is 5.82. The van der Waals surface area contributed by atoms with Crippen molar-refractivity contribution in [3.05, 3.63) is 48.7 Å². The molecule has 0 aliphatic rings. The summed E-state index contributed by atoms with van der Waals surface area (Å²) < 4.78 is 6.93. The molecule has 0 fully saturated rings. The van der Waals surface area contributed by atoms with Crippen LogP contribution >= 0.6 is 33.9 Å². The number of hydrogen-bond donors (Lipinski definition) is 1. The van der Waals surface area contributed by atoms with Gasteiger partial charge in [0.15, 0.2) is 0 Å². The van der Waals surface area contributed by atoms with Crippen LogP contribution in [-0.2, 0) is 0 Å². The Balaban J connectivity index is 2.54. The van der Waals surface area contributed by atoms with E-state index in [4.69, 9.17) is 4.74 Å². The zero-order chi connectivity index (χ0) is 14.7. The Kier molecular flexibility index (Phi) is 5.46. The first kappa shape index (κ1) is 15.8. The Morgan fingerprint density at radius 2 is 2.05 bits per heavy atom. The summed E-state index contributed by atoms with van der Waals surface area (Å²) in [6.45, 7) is 7.33. The number of benzene rings is 1. The summed E-state index contributed by atoms with van der Waals surface area (Å²) in [6.07, 6.45) is 0. The van der Waals surface area contributed by atoms with Crippen LogP contribution in [0.5, 0.6) is 5.75 Å². The van der Waals surface area contributed by atoms with Gasteiger partial charge in [0.2, 0.25) is 0 Å². The lowest BCUT2D eigenvalue weighted by Gasteiger charge is -2.23. The van der Waals surface area contributed by atoms with Gasteiger partial charge in [0, 0.05) is 5.56 Å². The van der Waals surface area contributed by atoms with E-state index in [0.717, 1.165) is 12.3 Å². The van der Waals surface area contributed by atoms with Crippen molar-refractivity contribution in [2.24, 2.45) is 0 Å². The first-order chi connectivity index (χ1) is 9.56. The van der Waals surface area contributed by atoms with Crippen molar-refractivity contribution in [1.29, 1.82) is 0 Å². The molecule has 1 N–H and O–H groups in total. The monoisotopic (exact) mass is 401 g/mol. The van der Waals surface area contributed by atoms with Crippen LogP contribution in [0.25, 0.3) is 0 Å². The van der Waals surface area contributed by atoms with Gasteiger partial charge in [-0.1, -0.05) is 13.0 Å². The first-order valence-corrected chi connectivity index (χ1v) is 8.65. The zero-order valence-electron chi connectivity index (χ0n) is 12.3. The maximum Gasteiger partial charge on any atom is 0.124 e. The largest absolute Gasteiger partial charge is 0.496 e. The topological polar surface area (TPSA) is 21.3 Å². The van der Waals surface area contributed by atoms with E-state index in [1.807, 2.05) is 0 Å². The second-order valence-corrected chi connectivity index (χ2v) is 7.68. The third kappa shape index (κ3) is 3.35. The highest BCUT2D eigenvalue weighted by atomic mass is 127. The Labute approximate surface area is 138 Å². The van der Waals surface area contributed by atoms with Crippen molar-refractivity contribution in [2.75, 3.05) is 13.7 Å². The van der Waals surface area contributed by atoms with Crippen LogP contribution in [0, 0.1) is 16.7 Å². The molecule has 0 radical (unpaired) electrons. The summed E-state index contributed by atoms with van der Waals surface area (Å²) >= 11 is 4.15. The van der Waals surface area contributed by atoms with E-state index in [-0.39, 0.29) is 6.04 Å². The molecule has 1 atom stereocenters. The molecule has 2 aromatic rings. The highest BCUT2D eigenvalue weighted by Crippen LogP contribution is 2.35. The molecule has 1 aromatic heterocycles. The van der Waals surface area contributed by atoms with Crippen molar-refractivity contribution in [2.45, 2.75) is 26.8 Å². The Hall–Kier alpha value is -0.590. The molecule has 0 aliphatic heterocycles. The van der Waals surface area contributed by atoms with E-state index in [1.54, 1.807) is 18.4 Å². The zero-order valence-corrected chi connectivity index (χ0v) is 15.3. The first-order valence-electron chi connectivity index (χ1n) is 6.69. The van der Waals surface area contributed by atoms with Crippen LogP contribution in [0.15, 0.2) is 23.6 Å². The molecule has 1 aromatic carbocycles. The third-order valence-corrected chi connectivity index (χ3v) is 5.14. The summed E-state index contributed by atoms with van der Waals surface area (Å²) in [7, 11) is 1.75. The Bertz CT molecular complexity index is 594. The van der Waals surface area contributed by atoms with Crippen LogP contribution in [-0.4, -0.2) is 13.7 Å². The highest BCUT2D eigenvalue weighted by Gasteiger charge is 2.21. The van der Waals surface area contributed by atoms with Crippen LogP contribution in [0.1, 0.15) is 35.2 Å². The van der Waals surface area contributed by atoms with E-state index in [2.05, 4.69) is 72.3 Å². The van der Waals surface area contributed by atoms with Crippen molar-refractivity contribution in [3.63, 3.8) is 0 Å².